The summed E-state index contributed by atoms with van der Waals surface area (Å²) < 4.78 is 25.4. The Labute approximate surface area is 268 Å². The number of esters is 3. The van der Waals surface area contributed by atoms with Crippen molar-refractivity contribution in [3.8, 4) is 0 Å². The Morgan fingerprint density at radius 2 is 0.955 bits per heavy atom. The molecule has 0 amide bonds. The second kappa shape index (κ2) is 42.1. The molecule has 0 spiro atoms. The van der Waals surface area contributed by atoms with Gasteiger partial charge in [0.25, 0.3) is 0 Å². The van der Waals surface area contributed by atoms with E-state index >= 15 is 0 Å². The number of hydrogen-bond acceptors (Lipinski definition) is 10. The Morgan fingerprint density at radius 3 is 1.14 bits per heavy atom. The van der Waals surface area contributed by atoms with Crippen LogP contribution in [-0.2, 0) is 42.7 Å². The van der Waals surface area contributed by atoms with E-state index in [1.165, 1.54) is 39.2 Å². The van der Waals surface area contributed by atoms with Gasteiger partial charge >= 0.3 is 23.9 Å². The second-order valence-corrected chi connectivity index (χ2v) is 12.5. The van der Waals surface area contributed by atoms with Gasteiger partial charge in [0.05, 0.1) is 33.6 Å². The first-order valence-corrected chi connectivity index (χ1v) is 15.6. The van der Waals surface area contributed by atoms with Gasteiger partial charge in [-0.05, 0) is 81.6 Å². The molecule has 0 saturated carbocycles. The number of carboxylic acid groups (broad SMARTS) is 1. The largest absolute Gasteiger partial charge is 0.478 e. The van der Waals surface area contributed by atoms with Crippen LogP contribution in [0.2, 0.25) is 0 Å². The van der Waals surface area contributed by atoms with Crippen LogP contribution in [-0.4, -0.2) is 85.8 Å². The number of allylic oxidation sites excluding steroid dienone is 3. The Bertz CT molecular complexity index is 863. The third-order valence-electron chi connectivity index (χ3n) is 3.59. The fraction of sp³-hybridized carbons (Fsp3) is 0.656. The molecular formula is C32H65O11P. The van der Waals surface area contributed by atoms with E-state index in [1.54, 1.807) is 27.7 Å². The van der Waals surface area contributed by atoms with E-state index in [4.69, 9.17) is 14.9 Å². The Balaban J connectivity index is -0.0000000617. The molecule has 0 saturated heterocycles. The van der Waals surface area contributed by atoms with E-state index in [-0.39, 0.29) is 44.7 Å². The van der Waals surface area contributed by atoms with E-state index in [0.717, 1.165) is 23.8 Å². The van der Waals surface area contributed by atoms with Gasteiger partial charge in [-0.3, -0.25) is 4.79 Å². The highest BCUT2D eigenvalue weighted by atomic mass is 31.2. The van der Waals surface area contributed by atoms with Gasteiger partial charge < -0.3 is 33.8 Å². The maximum absolute atomic E-state index is 11.7. The third-order valence-corrected chi connectivity index (χ3v) is 6.73. The van der Waals surface area contributed by atoms with Crippen molar-refractivity contribution in [2.45, 2.75) is 97.9 Å². The minimum absolute atomic E-state index is 0. The number of methoxy groups -OCH3 is 1. The number of rotatable bonds is 9. The summed E-state index contributed by atoms with van der Waals surface area (Å²) in [6.07, 6.45) is 5.36. The Morgan fingerprint density at radius 1 is 0.636 bits per heavy atom. The lowest BCUT2D eigenvalue weighted by Crippen LogP contribution is -2.11. The number of carbonyl (C=O) groups is 5. The normalized spacial score (nSPS) is 8.16. The van der Waals surface area contributed by atoms with E-state index < -0.39 is 13.1 Å². The lowest BCUT2D eigenvalue weighted by atomic mass is 10.3. The molecular weight excluding hydrogens is 591 g/mol. The number of hydrogen-bond donors (Lipinski definition) is 2. The van der Waals surface area contributed by atoms with Gasteiger partial charge in [0, 0.05) is 25.3 Å². The number of carboxylic acids is 1. The van der Waals surface area contributed by atoms with Gasteiger partial charge in [0.15, 0.2) is 0 Å². The zero-order valence-electron chi connectivity index (χ0n) is 28.3. The molecule has 0 heterocycles. The van der Waals surface area contributed by atoms with Gasteiger partial charge in [0.2, 0.25) is 0 Å². The fourth-order valence-corrected chi connectivity index (χ4v) is 3.31. The first-order valence-electron chi connectivity index (χ1n) is 13.3. The highest BCUT2D eigenvalue weighted by Crippen LogP contribution is 2.44. The van der Waals surface area contributed by atoms with E-state index in [0.29, 0.717) is 25.5 Å². The van der Waals surface area contributed by atoms with Crippen molar-refractivity contribution >= 4 is 36.8 Å². The van der Waals surface area contributed by atoms with Crippen molar-refractivity contribution in [3.63, 3.8) is 0 Å². The number of aliphatic hydroxyl groups excluding tert-OH is 1. The average molecular weight is 657 g/mol. The highest BCUT2D eigenvalue weighted by Gasteiger charge is 2.21. The molecule has 0 aliphatic carbocycles. The summed E-state index contributed by atoms with van der Waals surface area (Å²) in [5.41, 5.74) is 2.73. The Kier molecular flexibility index (Phi) is 57.6. The number of aliphatic hydroxyl groups is 1. The van der Waals surface area contributed by atoms with Gasteiger partial charge in [-0.1, -0.05) is 45.4 Å². The SMILES string of the molecule is C.C.CC(C)=CC(=O)O.CC(C)=O.CCOC(=O)C=C(C)C.CCOC(=O)CP(=O)(CC)CC.CO.COC(=O)C=C(C)C. The van der Waals surface area contributed by atoms with Crippen molar-refractivity contribution in [3.05, 3.63) is 34.9 Å². The molecule has 0 unspecified atom stereocenters. The monoisotopic (exact) mass is 656 g/mol. The van der Waals surface area contributed by atoms with Crippen LogP contribution in [0, 0.1) is 0 Å². The van der Waals surface area contributed by atoms with Crippen molar-refractivity contribution in [2.24, 2.45) is 0 Å². The third kappa shape index (κ3) is 71.8. The first kappa shape index (κ1) is 60.2. The summed E-state index contributed by atoms with van der Waals surface area (Å²) in [6, 6.07) is 0. The molecule has 11 nitrogen and oxygen atoms in total. The second-order valence-electron chi connectivity index (χ2n) is 8.84. The molecule has 0 rings (SSSR count). The van der Waals surface area contributed by atoms with Crippen molar-refractivity contribution in [2.75, 3.05) is 45.9 Å². The van der Waals surface area contributed by atoms with Crippen LogP contribution in [0.5, 0.6) is 0 Å². The minimum atomic E-state index is -2.24. The average Bonchev–Trinajstić information content (AvgIpc) is 2.84. The fourth-order valence-electron chi connectivity index (χ4n) is 1.85. The number of carbonyl (C=O) groups excluding carboxylic acids is 4. The van der Waals surface area contributed by atoms with Crippen LogP contribution in [0.4, 0.5) is 0 Å². The Hall–Kier alpha value is -3.04. The number of Topliss-reactive ketones (excluding diaryl/α,β-unsaturated/α-hetero) is 1. The summed E-state index contributed by atoms with van der Waals surface area (Å²) in [6.45, 7) is 22.0. The molecule has 0 aliphatic heterocycles. The first-order chi connectivity index (χ1) is 19.3. The molecule has 0 aliphatic rings. The molecule has 2 N–H and O–H groups in total. The standard InChI is InChI=1S/C8H17O3P.C7H12O2.C6H10O2.C5H8O2.C3H6O.CH4O.2CH4/c1-4-11-8(9)7-12(10,5-2)6-3;1-4-9-7(8)5-6(2)3;1-5(2)4-6(7)8-3;1-4(2)3-5(6)7;1-3(2)4;1-2;;/h4-7H2,1-3H3;5H,4H2,1-3H3;4H,1-3H3;3H,1-2H3,(H,6,7);1-2H3;2H,1H3;2*1H4. The lowest BCUT2D eigenvalue weighted by Gasteiger charge is -2.12. The molecule has 0 fully saturated rings. The maximum atomic E-state index is 11.7. The number of ketones is 1. The van der Waals surface area contributed by atoms with Crippen molar-refractivity contribution in [1.29, 1.82) is 0 Å². The summed E-state index contributed by atoms with van der Waals surface area (Å²) in [5, 5.41) is 15.0. The van der Waals surface area contributed by atoms with E-state index in [1.807, 2.05) is 41.5 Å². The predicted octanol–water partition coefficient (Wildman–Crippen LogP) is 7.11. The van der Waals surface area contributed by atoms with Crippen molar-refractivity contribution < 1.29 is 53.0 Å². The molecule has 0 aromatic carbocycles. The van der Waals surface area contributed by atoms with Crippen LogP contribution in [0.15, 0.2) is 34.9 Å². The molecule has 0 aromatic heterocycles. The summed E-state index contributed by atoms with van der Waals surface area (Å²) >= 11 is 0. The van der Waals surface area contributed by atoms with Crippen LogP contribution in [0.1, 0.15) is 97.9 Å². The predicted molar refractivity (Wildman–Crippen MR) is 183 cm³/mol. The zero-order chi connectivity index (χ0) is 34.9. The van der Waals surface area contributed by atoms with Gasteiger partial charge in [-0.15, -0.1) is 0 Å². The van der Waals surface area contributed by atoms with Crippen LogP contribution < -0.4 is 0 Å². The highest BCUT2D eigenvalue weighted by molar-refractivity contribution is 7.64. The smallest absolute Gasteiger partial charge is 0.330 e. The molecule has 0 atom stereocenters. The molecule has 0 bridgehead atoms. The topological polar surface area (TPSA) is 171 Å². The van der Waals surface area contributed by atoms with Gasteiger partial charge in [0.1, 0.15) is 5.78 Å². The molecule has 0 aromatic rings. The molecule has 44 heavy (non-hydrogen) atoms. The van der Waals surface area contributed by atoms with Crippen molar-refractivity contribution in [1.82, 2.24) is 0 Å². The quantitative estimate of drug-likeness (QED) is 0.112. The summed E-state index contributed by atoms with van der Waals surface area (Å²) in [4.78, 5) is 51.0. The molecule has 0 radical (unpaired) electrons. The van der Waals surface area contributed by atoms with E-state index in [9.17, 15) is 28.5 Å². The summed E-state index contributed by atoms with van der Waals surface area (Å²) in [5.74, 6) is -1.58. The minimum Gasteiger partial charge on any atom is -0.478 e. The van der Waals surface area contributed by atoms with Gasteiger partial charge in [-0.2, -0.15) is 0 Å². The summed E-state index contributed by atoms with van der Waals surface area (Å²) in [7, 11) is 0.121. The van der Waals surface area contributed by atoms with Crippen LogP contribution >= 0.6 is 7.14 Å². The number of ether oxygens (including phenoxy) is 3. The molecule has 264 valence electrons. The maximum Gasteiger partial charge on any atom is 0.330 e. The lowest BCUT2D eigenvalue weighted by molar-refractivity contribution is -0.140. The zero-order valence-corrected chi connectivity index (χ0v) is 29.2. The molecule has 12 heteroatoms. The van der Waals surface area contributed by atoms with E-state index in [2.05, 4.69) is 9.47 Å². The van der Waals surface area contributed by atoms with Gasteiger partial charge in [-0.25, -0.2) is 14.4 Å². The van der Waals surface area contributed by atoms with Crippen LogP contribution in [0.25, 0.3) is 0 Å². The number of aliphatic carboxylic acids is 1. The van der Waals surface area contributed by atoms with Crippen LogP contribution in [0.3, 0.4) is 0 Å².